The monoisotopic (exact) mass is 310 g/mol. The lowest BCUT2D eigenvalue weighted by Crippen LogP contribution is -2.08. The van der Waals surface area contributed by atoms with Crippen LogP contribution in [0.2, 0.25) is 0 Å². The molecule has 0 saturated carbocycles. The molecule has 1 N–H and O–H groups in total. The Kier molecular flexibility index (Phi) is 4.41. The minimum absolute atomic E-state index is 0.849. The van der Waals surface area contributed by atoms with Gasteiger partial charge in [-0.05, 0) is 30.5 Å². The van der Waals surface area contributed by atoms with Gasteiger partial charge in [-0.25, -0.2) is 9.97 Å². The van der Waals surface area contributed by atoms with Crippen LogP contribution in [-0.2, 0) is 13.5 Å². The fraction of sp³-hybridized carbons (Fsp3) is 0.353. The number of hydrogen-bond acceptors (Lipinski definition) is 5. The molecule has 0 bridgehead atoms. The number of aromatic nitrogens is 4. The third-order valence-corrected chi connectivity index (χ3v) is 3.92. The average molecular weight is 310 g/mol. The fourth-order valence-electron chi connectivity index (χ4n) is 2.56. The Morgan fingerprint density at radius 3 is 2.65 bits per heavy atom. The predicted molar refractivity (Wildman–Crippen MR) is 93.9 cm³/mol. The Morgan fingerprint density at radius 2 is 1.91 bits per heavy atom. The molecule has 0 aliphatic carbocycles. The zero-order valence-corrected chi connectivity index (χ0v) is 13.8. The molecule has 6 nitrogen and oxygen atoms in total. The maximum atomic E-state index is 4.31. The summed E-state index contributed by atoms with van der Waals surface area (Å²) in [6.45, 7) is 0.871. The summed E-state index contributed by atoms with van der Waals surface area (Å²) in [7, 11) is 6.00. The van der Waals surface area contributed by atoms with Gasteiger partial charge < -0.3 is 10.2 Å². The van der Waals surface area contributed by atoms with Gasteiger partial charge in [-0.2, -0.15) is 5.10 Å². The molecular formula is C17H22N6. The molecule has 2 heterocycles. The predicted octanol–water partition coefficient (Wildman–Crippen LogP) is 2.47. The van der Waals surface area contributed by atoms with Crippen molar-refractivity contribution in [2.45, 2.75) is 12.8 Å². The van der Waals surface area contributed by atoms with Crippen molar-refractivity contribution in [3.63, 3.8) is 0 Å². The smallest absolute Gasteiger partial charge is 0.163 e. The third kappa shape index (κ3) is 3.41. The van der Waals surface area contributed by atoms with Gasteiger partial charge in [0.25, 0.3) is 0 Å². The highest BCUT2D eigenvalue weighted by atomic mass is 15.3. The number of nitrogens with one attached hydrogen (secondary N) is 1. The minimum atomic E-state index is 0.849. The van der Waals surface area contributed by atoms with Crippen LogP contribution in [0.5, 0.6) is 0 Å². The molecule has 0 spiro atoms. The van der Waals surface area contributed by atoms with Gasteiger partial charge in [-0.1, -0.05) is 12.1 Å². The van der Waals surface area contributed by atoms with Crippen LogP contribution in [-0.4, -0.2) is 40.4 Å². The molecule has 0 aliphatic rings. The number of hydrogen-bond donors (Lipinski definition) is 1. The highest BCUT2D eigenvalue weighted by molar-refractivity contribution is 5.85. The summed E-state index contributed by atoms with van der Waals surface area (Å²) in [5.41, 5.74) is 3.43. The summed E-state index contributed by atoms with van der Waals surface area (Å²) in [5.74, 6) is 0.853. The van der Waals surface area contributed by atoms with Gasteiger partial charge in [0, 0.05) is 33.4 Å². The molecule has 3 rings (SSSR count). The van der Waals surface area contributed by atoms with Crippen LogP contribution in [0, 0.1) is 0 Å². The van der Waals surface area contributed by atoms with E-state index in [0.29, 0.717) is 0 Å². The van der Waals surface area contributed by atoms with Crippen LogP contribution in [0.3, 0.4) is 0 Å². The van der Waals surface area contributed by atoms with Crippen molar-refractivity contribution in [1.82, 2.24) is 19.7 Å². The standard InChI is InChI=1S/C17H22N6/c1-22(2)14-8-6-13(7-9-14)5-4-10-18-16-15-11-21-23(3)17(15)20-12-19-16/h6-9,11-12H,4-5,10H2,1-3H3,(H,18,19,20). The van der Waals surface area contributed by atoms with Gasteiger partial charge in [0.1, 0.15) is 12.1 Å². The first-order chi connectivity index (χ1) is 11.1. The lowest BCUT2D eigenvalue weighted by Gasteiger charge is -2.12. The molecule has 23 heavy (non-hydrogen) atoms. The number of benzene rings is 1. The van der Waals surface area contributed by atoms with E-state index in [1.807, 2.05) is 7.05 Å². The van der Waals surface area contributed by atoms with Gasteiger partial charge in [0.15, 0.2) is 5.65 Å². The van der Waals surface area contributed by atoms with Crippen molar-refractivity contribution in [2.24, 2.45) is 7.05 Å². The molecule has 0 unspecified atom stereocenters. The van der Waals surface area contributed by atoms with Crippen LogP contribution in [0.4, 0.5) is 11.5 Å². The molecule has 0 aliphatic heterocycles. The zero-order chi connectivity index (χ0) is 16.2. The quantitative estimate of drug-likeness (QED) is 0.709. The highest BCUT2D eigenvalue weighted by Crippen LogP contribution is 2.18. The Hall–Kier alpha value is -2.63. The summed E-state index contributed by atoms with van der Waals surface area (Å²) in [6, 6.07) is 8.71. The van der Waals surface area contributed by atoms with Gasteiger partial charge in [-0.15, -0.1) is 0 Å². The van der Waals surface area contributed by atoms with E-state index in [0.717, 1.165) is 36.2 Å². The number of rotatable bonds is 6. The lowest BCUT2D eigenvalue weighted by molar-refractivity contribution is 0.785. The van der Waals surface area contributed by atoms with E-state index in [4.69, 9.17) is 0 Å². The third-order valence-electron chi connectivity index (χ3n) is 3.92. The van der Waals surface area contributed by atoms with Crippen LogP contribution in [0.25, 0.3) is 11.0 Å². The van der Waals surface area contributed by atoms with E-state index in [2.05, 4.69) is 63.6 Å². The van der Waals surface area contributed by atoms with Crippen molar-refractivity contribution < 1.29 is 0 Å². The summed E-state index contributed by atoms with van der Waals surface area (Å²) >= 11 is 0. The SMILES string of the molecule is CN(C)c1ccc(CCCNc2ncnc3c2cnn3C)cc1. The molecule has 6 heteroatoms. The van der Waals surface area contributed by atoms with Gasteiger partial charge in [-0.3, -0.25) is 4.68 Å². The van der Waals surface area contributed by atoms with Gasteiger partial charge in [0.05, 0.1) is 11.6 Å². The topological polar surface area (TPSA) is 58.9 Å². The lowest BCUT2D eigenvalue weighted by atomic mass is 10.1. The number of anilines is 2. The van der Waals surface area contributed by atoms with Gasteiger partial charge in [0.2, 0.25) is 0 Å². The Labute approximate surface area is 136 Å². The Balaban J connectivity index is 1.55. The summed E-state index contributed by atoms with van der Waals surface area (Å²) in [4.78, 5) is 10.7. The summed E-state index contributed by atoms with van der Waals surface area (Å²) < 4.78 is 1.76. The van der Waals surface area contributed by atoms with E-state index < -0.39 is 0 Å². The molecule has 0 radical (unpaired) electrons. The second kappa shape index (κ2) is 6.64. The van der Waals surface area contributed by atoms with Crippen molar-refractivity contribution >= 4 is 22.5 Å². The average Bonchev–Trinajstić information content (AvgIpc) is 2.94. The van der Waals surface area contributed by atoms with Gasteiger partial charge >= 0.3 is 0 Å². The largest absolute Gasteiger partial charge is 0.378 e. The van der Waals surface area contributed by atoms with Crippen LogP contribution < -0.4 is 10.2 Å². The van der Waals surface area contributed by atoms with E-state index in [-0.39, 0.29) is 0 Å². The van der Waals surface area contributed by atoms with E-state index in [1.165, 1.54) is 11.3 Å². The van der Waals surface area contributed by atoms with E-state index in [9.17, 15) is 0 Å². The molecule has 1 aromatic carbocycles. The van der Waals surface area contributed by atoms with Crippen molar-refractivity contribution in [3.05, 3.63) is 42.4 Å². The molecule has 0 atom stereocenters. The molecule has 120 valence electrons. The van der Waals surface area contributed by atoms with Crippen LogP contribution >= 0.6 is 0 Å². The molecular weight excluding hydrogens is 288 g/mol. The molecule has 3 aromatic rings. The first kappa shape index (κ1) is 15.3. The van der Waals surface area contributed by atoms with E-state index in [1.54, 1.807) is 17.2 Å². The molecule has 0 amide bonds. The molecule has 0 saturated heterocycles. The van der Waals surface area contributed by atoms with E-state index >= 15 is 0 Å². The maximum absolute atomic E-state index is 4.31. The number of fused-ring (bicyclic) bond motifs is 1. The Bertz CT molecular complexity index is 775. The summed E-state index contributed by atoms with van der Waals surface area (Å²) in [5, 5.41) is 8.58. The number of aryl methyl sites for hydroxylation is 2. The maximum Gasteiger partial charge on any atom is 0.163 e. The first-order valence-corrected chi connectivity index (χ1v) is 7.78. The molecule has 2 aromatic heterocycles. The highest BCUT2D eigenvalue weighted by Gasteiger charge is 2.06. The van der Waals surface area contributed by atoms with Crippen molar-refractivity contribution in [1.29, 1.82) is 0 Å². The van der Waals surface area contributed by atoms with Crippen LogP contribution in [0.1, 0.15) is 12.0 Å². The first-order valence-electron chi connectivity index (χ1n) is 7.78. The molecule has 0 fully saturated rings. The number of nitrogens with zero attached hydrogens (tertiary/aromatic N) is 5. The normalized spacial score (nSPS) is 10.9. The van der Waals surface area contributed by atoms with Crippen molar-refractivity contribution in [3.8, 4) is 0 Å². The second-order valence-electron chi connectivity index (χ2n) is 5.82. The zero-order valence-electron chi connectivity index (χ0n) is 13.8. The fourth-order valence-corrected chi connectivity index (χ4v) is 2.56. The second-order valence-corrected chi connectivity index (χ2v) is 5.82. The van der Waals surface area contributed by atoms with Crippen LogP contribution in [0.15, 0.2) is 36.8 Å². The minimum Gasteiger partial charge on any atom is -0.378 e. The van der Waals surface area contributed by atoms with Crippen molar-refractivity contribution in [2.75, 3.05) is 30.9 Å². The summed E-state index contributed by atoms with van der Waals surface area (Å²) in [6.07, 6.45) is 5.47. The Morgan fingerprint density at radius 1 is 1.13 bits per heavy atom.